The number of hydrogen-bond donors (Lipinski definition) is 0. The predicted octanol–water partition coefficient (Wildman–Crippen LogP) is 2.09. The van der Waals surface area contributed by atoms with Gasteiger partial charge in [0, 0.05) is 18.2 Å². The van der Waals surface area contributed by atoms with Crippen molar-refractivity contribution >= 4 is 0 Å². The normalized spacial score (nSPS) is 12.5. The molecule has 3 rings (SSSR count). The maximum Gasteiger partial charge on any atom is 0.250 e. The molecule has 0 aliphatic carbocycles. The molecule has 4 heteroatoms. The Hall–Kier alpha value is -2.23. The van der Waals surface area contributed by atoms with E-state index in [1.54, 1.807) is 30.9 Å². The van der Waals surface area contributed by atoms with Crippen LogP contribution in [0.1, 0.15) is 5.56 Å². The molecule has 1 aliphatic rings. The standard InChI is InChI=1S/C15H15NO3/c1-18-13-8-10-6-7-16-12(4-3-5-15(16)17)11(10)9-14(13)19-2/h3-5,8-9H,6-7H2,1-2H3. The van der Waals surface area contributed by atoms with Gasteiger partial charge in [-0.3, -0.25) is 4.79 Å². The second-order valence-electron chi connectivity index (χ2n) is 4.52. The van der Waals surface area contributed by atoms with Crippen molar-refractivity contribution in [3.8, 4) is 22.8 Å². The van der Waals surface area contributed by atoms with Gasteiger partial charge in [0.2, 0.25) is 0 Å². The summed E-state index contributed by atoms with van der Waals surface area (Å²) in [5, 5.41) is 0. The van der Waals surface area contributed by atoms with Gasteiger partial charge in [-0.05, 0) is 30.2 Å². The Morgan fingerprint density at radius 1 is 1.11 bits per heavy atom. The molecule has 0 fully saturated rings. The monoisotopic (exact) mass is 257 g/mol. The molecule has 1 aromatic carbocycles. The first-order chi connectivity index (χ1) is 9.24. The molecule has 2 heterocycles. The lowest BCUT2D eigenvalue weighted by Crippen LogP contribution is -2.25. The summed E-state index contributed by atoms with van der Waals surface area (Å²) in [5.74, 6) is 1.42. The van der Waals surface area contributed by atoms with E-state index < -0.39 is 0 Å². The average molecular weight is 257 g/mol. The molecule has 0 radical (unpaired) electrons. The fourth-order valence-corrected chi connectivity index (χ4v) is 2.58. The van der Waals surface area contributed by atoms with Crippen molar-refractivity contribution in [1.82, 2.24) is 4.57 Å². The summed E-state index contributed by atoms with van der Waals surface area (Å²) < 4.78 is 12.5. The van der Waals surface area contributed by atoms with Crippen molar-refractivity contribution in [2.45, 2.75) is 13.0 Å². The van der Waals surface area contributed by atoms with Crippen molar-refractivity contribution in [1.29, 1.82) is 0 Å². The Labute approximate surface area is 111 Å². The van der Waals surface area contributed by atoms with Crippen molar-refractivity contribution in [2.24, 2.45) is 0 Å². The summed E-state index contributed by atoms with van der Waals surface area (Å²) >= 11 is 0. The molecule has 0 amide bonds. The molecule has 98 valence electrons. The van der Waals surface area contributed by atoms with Gasteiger partial charge in [-0.1, -0.05) is 6.07 Å². The number of aryl methyl sites for hydroxylation is 1. The summed E-state index contributed by atoms with van der Waals surface area (Å²) in [6, 6.07) is 9.29. The zero-order chi connectivity index (χ0) is 13.4. The molecule has 0 bridgehead atoms. The predicted molar refractivity (Wildman–Crippen MR) is 72.9 cm³/mol. The fraction of sp³-hybridized carbons (Fsp3) is 0.267. The van der Waals surface area contributed by atoms with Gasteiger partial charge < -0.3 is 14.0 Å². The van der Waals surface area contributed by atoms with Crippen molar-refractivity contribution < 1.29 is 9.47 Å². The van der Waals surface area contributed by atoms with Gasteiger partial charge >= 0.3 is 0 Å². The van der Waals surface area contributed by atoms with Crippen LogP contribution in [0.2, 0.25) is 0 Å². The minimum atomic E-state index is 0.0398. The lowest BCUT2D eigenvalue weighted by atomic mass is 9.96. The summed E-state index contributed by atoms with van der Waals surface area (Å²) in [6.07, 6.45) is 0.826. The maximum atomic E-state index is 11.9. The molecule has 0 N–H and O–H groups in total. The molecule has 1 aromatic heterocycles. The van der Waals surface area contributed by atoms with E-state index in [1.165, 1.54) is 5.56 Å². The highest BCUT2D eigenvalue weighted by Gasteiger charge is 2.19. The number of aromatic nitrogens is 1. The van der Waals surface area contributed by atoms with Crippen LogP contribution in [-0.4, -0.2) is 18.8 Å². The topological polar surface area (TPSA) is 40.5 Å². The van der Waals surface area contributed by atoms with Gasteiger partial charge in [0.25, 0.3) is 5.56 Å². The minimum Gasteiger partial charge on any atom is -0.493 e. The molecular formula is C15H15NO3. The highest BCUT2D eigenvalue weighted by molar-refractivity contribution is 5.70. The number of fused-ring (bicyclic) bond motifs is 3. The Morgan fingerprint density at radius 3 is 2.58 bits per heavy atom. The SMILES string of the molecule is COc1cc2c(cc1OC)-c1cccc(=O)n1CC2. The van der Waals surface area contributed by atoms with Crippen LogP contribution >= 0.6 is 0 Å². The van der Waals surface area contributed by atoms with Gasteiger partial charge in [-0.25, -0.2) is 0 Å². The van der Waals surface area contributed by atoms with E-state index in [4.69, 9.17) is 9.47 Å². The van der Waals surface area contributed by atoms with Crippen LogP contribution in [0.5, 0.6) is 11.5 Å². The summed E-state index contributed by atoms with van der Waals surface area (Å²) in [6.45, 7) is 0.706. The minimum absolute atomic E-state index is 0.0398. The van der Waals surface area contributed by atoms with E-state index in [2.05, 4.69) is 0 Å². The molecule has 0 atom stereocenters. The van der Waals surface area contributed by atoms with Gasteiger partial charge in [0.1, 0.15) is 0 Å². The van der Waals surface area contributed by atoms with Crippen molar-refractivity contribution in [2.75, 3.05) is 14.2 Å². The third-order valence-corrected chi connectivity index (χ3v) is 3.54. The zero-order valence-corrected chi connectivity index (χ0v) is 11.0. The molecule has 19 heavy (non-hydrogen) atoms. The number of ether oxygens (including phenoxy) is 2. The molecule has 0 saturated carbocycles. The van der Waals surface area contributed by atoms with Crippen LogP contribution in [-0.2, 0) is 13.0 Å². The van der Waals surface area contributed by atoms with Crippen LogP contribution < -0.4 is 15.0 Å². The third kappa shape index (κ3) is 1.80. The van der Waals surface area contributed by atoms with Gasteiger partial charge in [-0.2, -0.15) is 0 Å². The highest BCUT2D eigenvalue weighted by Crippen LogP contribution is 2.37. The second-order valence-corrected chi connectivity index (χ2v) is 4.52. The highest BCUT2D eigenvalue weighted by atomic mass is 16.5. The summed E-state index contributed by atoms with van der Waals surface area (Å²) in [5.41, 5.74) is 3.21. The Bertz CT molecular complexity index is 688. The van der Waals surface area contributed by atoms with E-state index in [9.17, 15) is 4.79 Å². The maximum absolute atomic E-state index is 11.9. The molecule has 0 unspecified atom stereocenters. The Balaban J connectivity index is 2.26. The number of methoxy groups -OCH3 is 2. The first-order valence-electron chi connectivity index (χ1n) is 6.19. The summed E-state index contributed by atoms with van der Waals surface area (Å²) in [7, 11) is 3.25. The molecule has 4 nitrogen and oxygen atoms in total. The quantitative estimate of drug-likeness (QED) is 0.827. The zero-order valence-electron chi connectivity index (χ0n) is 11.0. The van der Waals surface area contributed by atoms with Crippen LogP contribution in [0.25, 0.3) is 11.3 Å². The average Bonchev–Trinajstić information content (AvgIpc) is 2.45. The van der Waals surface area contributed by atoms with Gasteiger partial charge in [-0.15, -0.1) is 0 Å². The fourth-order valence-electron chi connectivity index (χ4n) is 2.58. The largest absolute Gasteiger partial charge is 0.493 e. The van der Waals surface area contributed by atoms with Crippen molar-refractivity contribution in [3.05, 3.63) is 46.2 Å². The lowest BCUT2D eigenvalue weighted by Gasteiger charge is -2.23. The number of nitrogens with zero attached hydrogens (tertiary/aromatic N) is 1. The van der Waals surface area contributed by atoms with E-state index in [0.29, 0.717) is 12.3 Å². The first-order valence-corrected chi connectivity index (χ1v) is 6.19. The van der Waals surface area contributed by atoms with Crippen LogP contribution in [0.3, 0.4) is 0 Å². The molecule has 0 spiro atoms. The third-order valence-electron chi connectivity index (χ3n) is 3.54. The molecular weight excluding hydrogens is 242 g/mol. The van der Waals surface area contributed by atoms with Crippen LogP contribution in [0.15, 0.2) is 35.1 Å². The van der Waals surface area contributed by atoms with Crippen LogP contribution in [0, 0.1) is 0 Å². The van der Waals surface area contributed by atoms with Gasteiger partial charge in [0.05, 0.1) is 19.9 Å². The first kappa shape index (κ1) is 11.8. The number of rotatable bonds is 2. The number of pyridine rings is 1. The van der Waals surface area contributed by atoms with Gasteiger partial charge in [0.15, 0.2) is 11.5 Å². The Morgan fingerprint density at radius 2 is 1.84 bits per heavy atom. The summed E-state index contributed by atoms with van der Waals surface area (Å²) in [4.78, 5) is 11.9. The van der Waals surface area contributed by atoms with E-state index >= 15 is 0 Å². The van der Waals surface area contributed by atoms with E-state index in [1.807, 2.05) is 18.2 Å². The lowest BCUT2D eigenvalue weighted by molar-refractivity contribution is 0.354. The smallest absolute Gasteiger partial charge is 0.250 e. The Kier molecular flexibility index (Phi) is 2.78. The second kappa shape index (κ2) is 4.46. The van der Waals surface area contributed by atoms with Crippen molar-refractivity contribution in [3.63, 3.8) is 0 Å². The molecule has 1 aliphatic heterocycles. The molecule has 0 saturated heterocycles. The van der Waals surface area contributed by atoms with Crippen LogP contribution in [0.4, 0.5) is 0 Å². The molecule has 2 aromatic rings. The number of benzene rings is 1. The van der Waals surface area contributed by atoms with E-state index in [0.717, 1.165) is 23.4 Å². The van der Waals surface area contributed by atoms with E-state index in [-0.39, 0.29) is 5.56 Å². The number of hydrogen-bond acceptors (Lipinski definition) is 3.